The van der Waals surface area contributed by atoms with Crippen LogP contribution in [0.2, 0.25) is 0 Å². The van der Waals surface area contributed by atoms with E-state index in [0.29, 0.717) is 6.04 Å². The molecule has 2 aliphatic rings. The molecule has 0 spiro atoms. The molecule has 0 amide bonds. The Morgan fingerprint density at radius 2 is 2.06 bits per heavy atom. The van der Waals surface area contributed by atoms with Crippen LogP contribution in [-0.4, -0.2) is 17.3 Å². The Kier molecular flexibility index (Phi) is 2.95. The van der Waals surface area contributed by atoms with Crippen LogP contribution in [0.1, 0.15) is 43.4 Å². The van der Waals surface area contributed by atoms with Gasteiger partial charge in [-0.05, 0) is 42.4 Å². The average Bonchev–Trinajstić information content (AvgIpc) is 2.81. The number of hydrogen-bond donors (Lipinski definition) is 2. The molecule has 0 bridgehead atoms. The van der Waals surface area contributed by atoms with Gasteiger partial charge in [-0.3, -0.25) is 0 Å². The Labute approximate surface area is 109 Å². The summed E-state index contributed by atoms with van der Waals surface area (Å²) in [5.74, 6) is 0. The number of aryl methyl sites for hydroxylation is 2. The van der Waals surface area contributed by atoms with Crippen molar-refractivity contribution in [3.05, 3.63) is 34.9 Å². The number of nitrogens with one attached hydrogen (secondary N) is 1. The van der Waals surface area contributed by atoms with Crippen molar-refractivity contribution in [3.8, 4) is 0 Å². The molecule has 1 aromatic rings. The molecule has 3 rings (SSSR count). The van der Waals surface area contributed by atoms with Crippen molar-refractivity contribution in [2.75, 3.05) is 0 Å². The first-order valence-electron chi connectivity index (χ1n) is 7.09. The minimum Gasteiger partial charge on any atom is -0.392 e. The summed E-state index contributed by atoms with van der Waals surface area (Å²) in [5.41, 5.74) is 4.49. The van der Waals surface area contributed by atoms with Gasteiger partial charge in [-0.15, -0.1) is 0 Å². The van der Waals surface area contributed by atoms with Gasteiger partial charge in [-0.25, -0.2) is 0 Å². The standard InChI is InChI=1S/C16H23NO/c1-16(2)14(9-15(16)18)17-10-11-6-7-12-4-3-5-13(12)8-11/h6-8,14-15,17-18H,3-5,9-10H2,1-2H3. The van der Waals surface area contributed by atoms with Gasteiger partial charge in [0, 0.05) is 18.0 Å². The van der Waals surface area contributed by atoms with Crippen molar-refractivity contribution in [2.45, 2.75) is 58.2 Å². The van der Waals surface area contributed by atoms with Crippen LogP contribution in [0.3, 0.4) is 0 Å². The largest absolute Gasteiger partial charge is 0.392 e. The summed E-state index contributed by atoms with van der Waals surface area (Å²) < 4.78 is 0. The van der Waals surface area contributed by atoms with Gasteiger partial charge in [-0.2, -0.15) is 0 Å². The highest BCUT2D eigenvalue weighted by atomic mass is 16.3. The Morgan fingerprint density at radius 3 is 2.78 bits per heavy atom. The molecule has 1 saturated carbocycles. The second-order valence-corrected chi connectivity index (χ2v) is 6.46. The van der Waals surface area contributed by atoms with Crippen LogP contribution in [0, 0.1) is 5.41 Å². The van der Waals surface area contributed by atoms with Crippen molar-refractivity contribution in [1.29, 1.82) is 0 Å². The maximum atomic E-state index is 9.73. The van der Waals surface area contributed by atoms with Gasteiger partial charge in [-0.1, -0.05) is 32.0 Å². The zero-order chi connectivity index (χ0) is 12.8. The van der Waals surface area contributed by atoms with Crippen LogP contribution in [0.25, 0.3) is 0 Å². The van der Waals surface area contributed by atoms with Crippen molar-refractivity contribution in [2.24, 2.45) is 5.41 Å². The fourth-order valence-electron chi connectivity index (χ4n) is 3.23. The van der Waals surface area contributed by atoms with E-state index in [9.17, 15) is 5.11 Å². The second kappa shape index (κ2) is 4.36. The smallest absolute Gasteiger partial charge is 0.0621 e. The summed E-state index contributed by atoms with van der Waals surface area (Å²) in [7, 11) is 0. The molecule has 2 nitrogen and oxygen atoms in total. The van der Waals surface area contributed by atoms with Crippen molar-refractivity contribution >= 4 is 0 Å². The van der Waals surface area contributed by atoms with Crippen LogP contribution in [0.4, 0.5) is 0 Å². The first-order valence-corrected chi connectivity index (χ1v) is 7.09. The normalized spacial score (nSPS) is 28.8. The van der Waals surface area contributed by atoms with E-state index in [1.165, 1.54) is 30.4 Å². The minimum atomic E-state index is -0.143. The first-order chi connectivity index (χ1) is 8.57. The highest BCUT2D eigenvalue weighted by Gasteiger charge is 2.46. The van der Waals surface area contributed by atoms with Crippen molar-refractivity contribution < 1.29 is 5.11 Å². The van der Waals surface area contributed by atoms with E-state index >= 15 is 0 Å². The molecule has 18 heavy (non-hydrogen) atoms. The Bertz CT molecular complexity index is 452. The fourth-order valence-corrected chi connectivity index (χ4v) is 3.23. The molecular weight excluding hydrogens is 222 g/mol. The summed E-state index contributed by atoms with van der Waals surface area (Å²) in [6, 6.07) is 7.34. The third-order valence-electron chi connectivity index (χ3n) is 4.93. The average molecular weight is 245 g/mol. The highest BCUT2D eigenvalue weighted by Crippen LogP contribution is 2.40. The van der Waals surface area contributed by atoms with E-state index in [1.54, 1.807) is 5.56 Å². The lowest BCUT2D eigenvalue weighted by atomic mass is 9.64. The maximum Gasteiger partial charge on any atom is 0.0621 e. The van der Waals surface area contributed by atoms with Gasteiger partial charge < -0.3 is 10.4 Å². The number of aliphatic hydroxyl groups is 1. The zero-order valence-electron chi connectivity index (χ0n) is 11.4. The molecule has 0 aromatic heterocycles. The van der Waals surface area contributed by atoms with Gasteiger partial charge in [0.25, 0.3) is 0 Å². The van der Waals surface area contributed by atoms with Crippen molar-refractivity contribution in [3.63, 3.8) is 0 Å². The molecule has 98 valence electrons. The van der Waals surface area contributed by atoms with Crippen LogP contribution in [-0.2, 0) is 19.4 Å². The molecule has 2 N–H and O–H groups in total. The molecule has 0 heterocycles. The highest BCUT2D eigenvalue weighted by molar-refractivity contribution is 5.35. The molecule has 2 heteroatoms. The zero-order valence-corrected chi connectivity index (χ0v) is 11.4. The molecule has 2 unspecified atom stereocenters. The molecule has 0 saturated heterocycles. The first kappa shape index (κ1) is 12.2. The Morgan fingerprint density at radius 1 is 1.28 bits per heavy atom. The van der Waals surface area contributed by atoms with Gasteiger partial charge in [0.1, 0.15) is 0 Å². The molecule has 2 atom stereocenters. The number of benzene rings is 1. The maximum absolute atomic E-state index is 9.73. The van der Waals surface area contributed by atoms with E-state index in [1.807, 2.05) is 0 Å². The van der Waals surface area contributed by atoms with E-state index in [-0.39, 0.29) is 11.5 Å². The molecular formula is C16H23NO. The van der Waals surface area contributed by atoms with Gasteiger partial charge in [0.15, 0.2) is 0 Å². The molecule has 1 aromatic carbocycles. The monoisotopic (exact) mass is 245 g/mol. The van der Waals surface area contributed by atoms with E-state index in [2.05, 4.69) is 37.4 Å². The molecule has 0 aliphatic heterocycles. The van der Waals surface area contributed by atoms with Crippen LogP contribution >= 0.6 is 0 Å². The predicted octanol–water partition coefficient (Wildman–Crippen LogP) is 2.42. The number of hydrogen-bond acceptors (Lipinski definition) is 2. The fraction of sp³-hybridized carbons (Fsp3) is 0.625. The van der Waals surface area contributed by atoms with E-state index in [0.717, 1.165) is 13.0 Å². The predicted molar refractivity (Wildman–Crippen MR) is 73.5 cm³/mol. The number of aliphatic hydroxyl groups excluding tert-OH is 1. The van der Waals surface area contributed by atoms with Crippen molar-refractivity contribution in [1.82, 2.24) is 5.32 Å². The SMILES string of the molecule is CC1(C)C(O)CC1NCc1ccc2c(c1)CCC2. The third-order valence-corrected chi connectivity index (χ3v) is 4.93. The molecule has 2 aliphatic carbocycles. The number of rotatable bonds is 3. The van der Waals surface area contributed by atoms with Gasteiger partial charge in [0.2, 0.25) is 0 Å². The lowest BCUT2D eigenvalue weighted by molar-refractivity contribution is -0.0729. The van der Waals surface area contributed by atoms with E-state index < -0.39 is 0 Å². The topological polar surface area (TPSA) is 32.3 Å². The summed E-state index contributed by atoms with van der Waals surface area (Å²) in [4.78, 5) is 0. The lowest BCUT2D eigenvalue weighted by Gasteiger charge is -2.49. The third kappa shape index (κ3) is 1.98. The van der Waals surface area contributed by atoms with E-state index in [4.69, 9.17) is 0 Å². The Hall–Kier alpha value is -0.860. The molecule has 1 fully saturated rings. The lowest BCUT2D eigenvalue weighted by Crippen LogP contribution is -2.59. The van der Waals surface area contributed by atoms with Gasteiger partial charge in [0.05, 0.1) is 6.10 Å². The summed E-state index contributed by atoms with van der Waals surface area (Å²) in [6.07, 6.45) is 4.56. The van der Waals surface area contributed by atoms with Crippen LogP contribution < -0.4 is 5.32 Å². The Balaban J connectivity index is 1.61. The minimum absolute atomic E-state index is 0.0245. The van der Waals surface area contributed by atoms with Gasteiger partial charge >= 0.3 is 0 Å². The molecule has 0 radical (unpaired) electrons. The van der Waals surface area contributed by atoms with Crippen LogP contribution in [0.15, 0.2) is 18.2 Å². The number of fused-ring (bicyclic) bond motifs is 1. The summed E-state index contributed by atoms with van der Waals surface area (Å²) in [6.45, 7) is 5.21. The summed E-state index contributed by atoms with van der Waals surface area (Å²) >= 11 is 0. The quantitative estimate of drug-likeness (QED) is 0.857. The van der Waals surface area contributed by atoms with Crippen LogP contribution in [0.5, 0.6) is 0 Å². The second-order valence-electron chi connectivity index (χ2n) is 6.46. The summed E-state index contributed by atoms with van der Waals surface area (Å²) in [5, 5.41) is 13.3.